The molecule has 0 aliphatic heterocycles. The molecule has 0 bridgehead atoms. The highest BCUT2D eigenvalue weighted by Crippen LogP contribution is 2.48. The third-order valence-electron chi connectivity index (χ3n) is 6.61. The van der Waals surface area contributed by atoms with Crippen LogP contribution in [-0.2, 0) is 10.8 Å². The van der Waals surface area contributed by atoms with Crippen LogP contribution in [0.2, 0.25) is 0 Å². The maximum absolute atomic E-state index is 5.62. The Balaban J connectivity index is 1.86. The molecule has 0 aliphatic rings. The van der Waals surface area contributed by atoms with Crippen LogP contribution in [0.15, 0.2) is 76.5 Å². The van der Waals surface area contributed by atoms with Crippen LogP contribution in [-0.4, -0.2) is 7.11 Å². The lowest BCUT2D eigenvalue weighted by molar-refractivity contribution is 0.412. The van der Waals surface area contributed by atoms with Gasteiger partial charge in [-0.15, -0.1) is 0 Å². The first-order valence-electron chi connectivity index (χ1n) is 11.7. The van der Waals surface area contributed by atoms with Crippen LogP contribution in [0.5, 0.6) is 5.75 Å². The molecule has 5 aromatic carbocycles. The van der Waals surface area contributed by atoms with Gasteiger partial charge >= 0.3 is 0 Å². The van der Waals surface area contributed by atoms with Crippen molar-refractivity contribution in [2.45, 2.75) is 62.2 Å². The van der Waals surface area contributed by atoms with E-state index in [1.807, 2.05) is 11.8 Å². The van der Waals surface area contributed by atoms with E-state index in [-0.39, 0.29) is 10.8 Å². The summed E-state index contributed by atoms with van der Waals surface area (Å²) in [5, 5.41) is 8.03. The molecule has 2 heteroatoms. The molecule has 0 fully saturated rings. The summed E-state index contributed by atoms with van der Waals surface area (Å²) in [6.45, 7) is 13.8. The van der Waals surface area contributed by atoms with Crippen molar-refractivity contribution >= 4 is 44.1 Å². The second-order valence-electron chi connectivity index (χ2n) is 11.1. The van der Waals surface area contributed by atoms with Crippen LogP contribution >= 0.6 is 11.8 Å². The first-order chi connectivity index (χ1) is 15.6. The Morgan fingerprint density at radius 3 is 1.91 bits per heavy atom. The number of benzene rings is 5. The van der Waals surface area contributed by atoms with E-state index in [2.05, 4.69) is 108 Å². The Morgan fingerprint density at radius 2 is 1.27 bits per heavy atom. The van der Waals surface area contributed by atoms with Crippen LogP contribution in [0.4, 0.5) is 0 Å². The molecule has 5 aromatic rings. The third-order valence-corrected chi connectivity index (χ3v) is 7.82. The standard InChI is InChI=1S/C31H32OS/c1-30(2,3)24-16-14-22(32-7)18-26(24)33-29-23-15-13-20-10-8-9-19-11-12-21(28(23)27(19)20)17-25(29)31(4,5)6/h8-18H,1-7H3. The first-order valence-corrected chi connectivity index (χ1v) is 12.5. The van der Waals surface area contributed by atoms with Crippen molar-refractivity contribution < 1.29 is 4.74 Å². The molecule has 0 spiro atoms. The number of hydrogen-bond donors (Lipinski definition) is 0. The molecule has 33 heavy (non-hydrogen) atoms. The van der Waals surface area contributed by atoms with Gasteiger partial charge in [-0.2, -0.15) is 0 Å². The van der Waals surface area contributed by atoms with Crippen LogP contribution < -0.4 is 4.74 Å². The molecular weight excluding hydrogens is 420 g/mol. The molecule has 0 N–H and O–H groups in total. The SMILES string of the molecule is COc1ccc(C(C)(C)C)c(Sc2c(C(C)(C)C)cc3ccc4cccc5ccc2c3c45)c1. The lowest BCUT2D eigenvalue weighted by Crippen LogP contribution is -2.14. The van der Waals surface area contributed by atoms with Crippen LogP contribution in [0.25, 0.3) is 32.3 Å². The average molecular weight is 453 g/mol. The van der Waals surface area contributed by atoms with Gasteiger partial charge in [-0.25, -0.2) is 0 Å². The Bertz CT molecular complexity index is 1470. The second kappa shape index (κ2) is 7.67. The second-order valence-corrected chi connectivity index (χ2v) is 12.1. The van der Waals surface area contributed by atoms with E-state index < -0.39 is 0 Å². The highest BCUT2D eigenvalue weighted by Gasteiger charge is 2.26. The van der Waals surface area contributed by atoms with Crippen molar-refractivity contribution in [1.29, 1.82) is 0 Å². The predicted molar refractivity (Wildman–Crippen MR) is 145 cm³/mol. The molecule has 168 valence electrons. The van der Waals surface area contributed by atoms with Crippen molar-refractivity contribution in [3.63, 3.8) is 0 Å². The average Bonchev–Trinajstić information content (AvgIpc) is 2.76. The number of rotatable bonds is 3. The molecule has 0 atom stereocenters. The Labute approximate surface area is 201 Å². The van der Waals surface area contributed by atoms with E-state index in [0.29, 0.717) is 0 Å². The summed E-state index contributed by atoms with van der Waals surface area (Å²) in [7, 11) is 1.75. The van der Waals surface area contributed by atoms with Gasteiger partial charge in [0.05, 0.1) is 7.11 Å². The van der Waals surface area contributed by atoms with Gasteiger partial charge in [0.1, 0.15) is 5.75 Å². The van der Waals surface area contributed by atoms with Crippen molar-refractivity contribution in [2.24, 2.45) is 0 Å². The summed E-state index contributed by atoms with van der Waals surface area (Å²) in [6, 6.07) is 24.7. The Kier molecular flexibility index (Phi) is 5.14. The minimum atomic E-state index is 0.0214. The van der Waals surface area contributed by atoms with Gasteiger partial charge in [-0.05, 0) is 72.5 Å². The van der Waals surface area contributed by atoms with E-state index >= 15 is 0 Å². The summed E-state index contributed by atoms with van der Waals surface area (Å²) in [6.07, 6.45) is 0. The van der Waals surface area contributed by atoms with Gasteiger partial charge in [0.25, 0.3) is 0 Å². The fourth-order valence-corrected chi connectivity index (χ4v) is 6.53. The minimum Gasteiger partial charge on any atom is -0.497 e. The molecule has 0 radical (unpaired) electrons. The zero-order valence-electron chi connectivity index (χ0n) is 20.7. The zero-order valence-corrected chi connectivity index (χ0v) is 21.5. The monoisotopic (exact) mass is 452 g/mol. The molecule has 0 unspecified atom stereocenters. The van der Waals surface area contributed by atoms with Gasteiger partial charge in [-0.1, -0.05) is 102 Å². The molecule has 5 rings (SSSR count). The molecule has 0 amide bonds. The van der Waals surface area contributed by atoms with Crippen LogP contribution in [0.1, 0.15) is 52.7 Å². The number of methoxy groups -OCH3 is 1. The molecule has 0 heterocycles. The summed E-state index contributed by atoms with van der Waals surface area (Å²) < 4.78 is 5.62. The van der Waals surface area contributed by atoms with Crippen LogP contribution in [0.3, 0.4) is 0 Å². The maximum Gasteiger partial charge on any atom is 0.120 e. The summed E-state index contributed by atoms with van der Waals surface area (Å²) >= 11 is 1.90. The zero-order chi connectivity index (χ0) is 23.5. The lowest BCUT2D eigenvalue weighted by Gasteiger charge is -2.28. The third kappa shape index (κ3) is 3.75. The highest BCUT2D eigenvalue weighted by molar-refractivity contribution is 7.99. The van der Waals surface area contributed by atoms with Gasteiger partial charge in [0, 0.05) is 9.79 Å². The van der Waals surface area contributed by atoms with Crippen molar-refractivity contribution in [3.8, 4) is 5.75 Å². The maximum atomic E-state index is 5.62. The molecule has 1 nitrogen and oxygen atoms in total. The fraction of sp³-hybridized carbons (Fsp3) is 0.290. The summed E-state index contributed by atoms with van der Waals surface area (Å²) in [5.74, 6) is 0.903. The Hall–Kier alpha value is -2.71. The smallest absolute Gasteiger partial charge is 0.120 e. The van der Waals surface area contributed by atoms with Crippen molar-refractivity contribution in [1.82, 2.24) is 0 Å². The topological polar surface area (TPSA) is 9.23 Å². The number of ether oxygens (including phenoxy) is 1. The van der Waals surface area contributed by atoms with Crippen LogP contribution in [0, 0.1) is 0 Å². The number of hydrogen-bond acceptors (Lipinski definition) is 2. The van der Waals surface area contributed by atoms with Gasteiger partial charge in [0.15, 0.2) is 0 Å². The normalized spacial score (nSPS) is 12.8. The summed E-state index contributed by atoms with van der Waals surface area (Å²) in [4.78, 5) is 2.62. The minimum absolute atomic E-state index is 0.0214. The molecule has 0 saturated carbocycles. The fourth-order valence-electron chi connectivity index (χ4n) is 4.90. The lowest BCUT2D eigenvalue weighted by atomic mass is 9.83. The van der Waals surface area contributed by atoms with E-state index in [0.717, 1.165) is 5.75 Å². The van der Waals surface area contributed by atoms with E-state index in [4.69, 9.17) is 4.74 Å². The van der Waals surface area contributed by atoms with Gasteiger partial charge < -0.3 is 4.74 Å². The van der Waals surface area contributed by atoms with E-state index in [1.54, 1.807) is 7.11 Å². The van der Waals surface area contributed by atoms with Gasteiger partial charge in [0.2, 0.25) is 0 Å². The Morgan fingerprint density at radius 1 is 0.636 bits per heavy atom. The van der Waals surface area contributed by atoms with Crippen molar-refractivity contribution in [3.05, 3.63) is 77.9 Å². The highest BCUT2D eigenvalue weighted by atomic mass is 32.2. The molecular formula is C31H32OS. The molecule has 0 aliphatic carbocycles. The molecule has 0 aromatic heterocycles. The quantitative estimate of drug-likeness (QED) is 0.252. The first kappa shape index (κ1) is 22.1. The summed E-state index contributed by atoms with van der Waals surface area (Å²) in [5.41, 5.74) is 2.80. The van der Waals surface area contributed by atoms with E-state index in [9.17, 15) is 0 Å². The van der Waals surface area contributed by atoms with Gasteiger partial charge in [-0.3, -0.25) is 0 Å². The predicted octanol–water partition coefficient (Wildman–Crippen LogP) is 9.34. The van der Waals surface area contributed by atoms with Crippen molar-refractivity contribution in [2.75, 3.05) is 7.11 Å². The largest absolute Gasteiger partial charge is 0.497 e. The van der Waals surface area contributed by atoms with E-state index in [1.165, 1.54) is 53.2 Å². The molecule has 0 saturated heterocycles.